The van der Waals surface area contributed by atoms with Gasteiger partial charge in [-0.1, -0.05) is 17.4 Å². The standard InChI is InChI=1S/C15H13N5O5S2/c1-25-15-19-13(27(2,23)24)12(26-15)11-6-7-16-14(18-11)17-9-4-3-5-10(8-9)20(21)22/h3-8H,1-2H3,(H,16,17,18). The van der Waals surface area contributed by atoms with Crippen LogP contribution in [-0.2, 0) is 9.84 Å². The molecule has 0 unspecified atom stereocenters. The zero-order valence-corrected chi connectivity index (χ0v) is 15.7. The molecule has 140 valence electrons. The quantitative estimate of drug-likeness (QED) is 0.483. The van der Waals surface area contributed by atoms with E-state index in [0.29, 0.717) is 16.3 Å². The van der Waals surface area contributed by atoms with E-state index < -0.39 is 14.8 Å². The van der Waals surface area contributed by atoms with Crippen LogP contribution < -0.4 is 10.1 Å². The van der Waals surface area contributed by atoms with Gasteiger partial charge in [-0.05, 0) is 12.1 Å². The lowest BCUT2D eigenvalue weighted by Gasteiger charge is -2.06. The molecule has 0 saturated carbocycles. The highest BCUT2D eigenvalue weighted by atomic mass is 32.2. The van der Waals surface area contributed by atoms with Crippen LogP contribution in [0.2, 0.25) is 0 Å². The average molecular weight is 407 g/mol. The molecule has 27 heavy (non-hydrogen) atoms. The third-order valence-corrected chi connectivity index (χ3v) is 5.47. The van der Waals surface area contributed by atoms with Crippen molar-refractivity contribution in [2.24, 2.45) is 0 Å². The summed E-state index contributed by atoms with van der Waals surface area (Å²) in [7, 11) is -2.20. The number of nitrogens with zero attached hydrogens (tertiary/aromatic N) is 4. The third kappa shape index (κ3) is 4.17. The summed E-state index contributed by atoms with van der Waals surface area (Å²) in [5.41, 5.74) is 0.674. The largest absolute Gasteiger partial charge is 0.473 e. The summed E-state index contributed by atoms with van der Waals surface area (Å²) in [6, 6.07) is 7.40. The molecule has 1 aromatic carbocycles. The minimum absolute atomic E-state index is 0.0808. The van der Waals surface area contributed by atoms with Gasteiger partial charge in [-0.25, -0.2) is 18.4 Å². The Bertz CT molecular complexity index is 1110. The molecule has 0 saturated heterocycles. The summed E-state index contributed by atoms with van der Waals surface area (Å²) in [6.45, 7) is 0. The van der Waals surface area contributed by atoms with Gasteiger partial charge in [0.05, 0.1) is 22.6 Å². The summed E-state index contributed by atoms with van der Waals surface area (Å²) < 4.78 is 29.0. The molecule has 0 atom stereocenters. The number of ether oxygens (including phenoxy) is 1. The van der Waals surface area contributed by atoms with Gasteiger partial charge < -0.3 is 10.1 Å². The third-order valence-electron chi connectivity index (χ3n) is 3.30. The van der Waals surface area contributed by atoms with Crippen molar-refractivity contribution in [3.63, 3.8) is 0 Å². The van der Waals surface area contributed by atoms with Crippen LogP contribution in [0.25, 0.3) is 10.6 Å². The minimum Gasteiger partial charge on any atom is -0.473 e. The Morgan fingerprint density at radius 1 is 1.26 bits per heavy atom. The van der Waals surface area contributed by atoms with Gasteiger partial charge in [0.25, 0.3) is 10.9 Å². The van der Waals surface area contributed by atoms with Gasteiger partial charge in [0, 0.05) is 30.3 Å². The fourth-order valence-corrected chi connectivity index (χ4v) is 4.23. The van der Waals surface area contributed by atoms with Gasteiger partial charge in [-0.2, -0.15) is 4.98 Å². The minimum atomic E-state index is -3.59. The number of aromatic nitrogens is 3. The topological polar surface area (TPSA) is 137 Å². The second-order valence-corrected chi connectivity index (χ2v) is 8.18. The number of hydrogen-bond donors (Lipinski definition) is 1. The summed E-state index contributed by atoms with van der Waals surface area (Å²) in [4.78, 5) is 23.0. The molecule has 2 heterocycles. The lowest BCUT2D eigenvalue weighted by atomic mass is 10.3. The molecule has 2 aromatic heterocycles. The number of rotatable bonds is 6. The van der Waals surface area contributed by atoms with Crippen molar-refractivity contribution < 1.29 is 18.1 Å². The van der Waals surface area contributed by atoms with Gasteiger partial charge in [-0.15, -0.1) is 0 Å². The number of sulfone groups is 1. The fourth-order valence-electron chi connectivity index (χ4n) is 2.16. The molecule has 0 fully saturated rings. The van der Waals surface area contributed by atoms with Crippen molar-refractivity contribution in [2.75, 3.05) is 18.7 Å². The first kappa shape index (κ1) is 18.7. The van der Waals surface area contributed by atoms with Crippen LogP contribution in [0.5, 0.6) is 5.19 Å². The van der Waals surface area contributed by atoms with Crippen LogP contribution in [0.15, 0.2) is 41.6 Å². The Balaban J connectivity index is 1.99. The number of hydrogen-bond acceptors (Lipinski definition) is 10. The first-order valence-electron chi connectivity index (χ1n) is 7.37. The van der Waals surface area contributed by atoms with E-state index in [1.807, 2.05) is 0 Å². The van der Waals surface area contributed by atoms with Crippen molar-refractivity contribution in [3.05, 3.63) is 46.6 Å². The van der Waals surface area contributed by atoms with E-state index >= 15 is 0 Å². The molecule has 0 spiro atoms. The normalized spacial score (nSPS) is 11.2. The zero-order chi connectivity index (χ0) is 19.6. The van der Waals surface area contributed by atoms with E-state index in [1.165, 1.54) is 31.5 Å². The van der Waals surface area contributed by atoms with Crippen LogP contribution in [-0.4, -0.2) is 41.7 Å². The van der Waals surface area contributed by atoms with Crippen molar-refractivity contribution in [1.82, 2.24) is 15.0 Å². The van der Waals surface area contributed by atoms with Gasteiger partial charge in [0.1, 0.15) is 0 Å². The average Bonchev–Trinajstić information content (AvgIpc) is 3.07. The number of benzene rings is 1. The van der Waals surface area contributed by atoms with Crippen molar-refractivity contribution in [2.45, 2.75) is 5.03 Å². The number of methoxy groups -OCH3 is 1. The second kappa shape index (κ2) is 7.25. The van der Waals surface area contributed by atoms with Crippen LogP contribution in [0.1, 0.15) is 0 Å². The van der Waals surface area contributed by atoms with Crippen molar-refractivity contribution >= 4 is 38.5 Å². The molecular formula is C15H13N5O5S2. The lowest BCUT2D eigenvalue weighted by molar-refractivity contribution is -0.384. The van der Waals surface area contributed by atoms with E-state index in [4.69, 9.17) is 4.74 Å². The second-order valence-electron chi connectivity index (χ2n) is 5.29. The number of non-ortho nitro benzene ring substituents is 1. The molecule has 0 radical (unpaired) electrons. The fraction of sp³-hybridized carbons (Fsp3) is 0.133. The summed E-state index contributed by atoms with van der Waals surface area (Å²) in [5, 5.41) is 13.8. The predicted molar refractivity (Wildman–Crippen MR) is 99.2 cm³/mol. The first-order chi connectivity index (χ1) is 12.8. The molecule has 1 N–H and O–H groups in total. The number of nitrogens with one attached hydrogen (secondary N) is 1. The maximum absolute atomic E-state index is 12.0. The number of thiazole rings is 1. The molecule has 3 aromatic rings. The Kier molecular flexibility index (Phi) is 5.01. The Morgan fingerprint density at radius 3 is 2.70 bits per heavy atom. The smallest absolute Gasteiger partial charge is 0.274 e. The van der Waals surface area contributed by atoms with E-state index in [2.05, 4.69) is 20.3 Å². The van der Waals surface area contributed by atoms with Gasteiger partial charge in [0.15, 0.2) is 14.9 Å². The molecular weight excluding hydrogens is 394 g/mol. The summed E-state index contributed by atoms with van der Waals surface area (Å²) >= 11 is 1.04. The van der Waals surface area contributed by atoms with Gasteiger partial charge in [0.2, 0.25) is 5.95 Å². The summed E-state index contributed by atoms with van der Waals surface area (Å²) in [5.74, 6) is 0.153. The highest BCUT2D eigenvalue weighted by molar-refractivity contribution is 7.90. The van der Waals surface area contributed by atoms with Crippen molar-refractivity contribution in [3.8, 4) is 15.8 Å². The molecule has 0 aliphatic carbocycles. The molecule has 0 aliphatic heterocycles. The first-order valence-corrected chi connectivity index (χ1v) is 10.1. The number of anilines is 2. The number of nitro groups is 1. The predicted octanol–water partition coefficient (Wildman–Crippen LogP) is 2.66. The van der Waals surface area contributed by atoms with Crippen LogP contribution in [0, 0.1) is 10.1 Å². The highest BCUT2D eigenvalue weighted by Gasteiger charge is 2.23. The molecule has 12 heteroatoms. The van der Waals surface area contributed by atoms with Gasteiger partial charge in [-0.3, -0.25) is 10.1 Å². The van der Waals surface area contributed by atoms with E-state index in [-0.39, 0.29) is 21.9 Å². The maximum atomic E-state index is 12.0. The Labute approximate surface area is 158 Å². The molecule has 0 bridgehead atoms. The summed E-state index contributed by atoms with van der Waals surface area (Å²) in [6.07, 6.45) is 2.49. The van der Waals surface area contributed by atoms with Crippen LogP contribution in [0.4, 0.5) is 17.3 Å². The SMILES string of the molecule is COc1nc(S(C)(=O)=O)c(-c2ccnc(Nc3cccc([N+](=O)[O-])c3)n2)s1. The molecule has 0 amide bonds. The van der Waals surface area contributed by atoms with Gasteiger partial charge >= 0.3 is 0 Å². The lowest BCUT2D eigenvalue weighted by Crippen LogP contribution is -2.02. The van der Waals surface area contributed by atoms with Crippen LogP contribution in [0.3, 0.4) is 0 Å². The van der Waals surface area contributed by atoms with E-state index in [9.17, 15) is 18.5 Å². The van der Waals surface area contributed by atoms with E-state index in [0.717, 1.165) is 17.6 Å². The van der Waals surface area contributed by atoms with Crippen LogP contribution >= 0.6 is 11.3 Å². The molecule has 3 rings (SSSR count). The monoisotopic (exact) mass is 407 g/mol. The molecule has 10 nitrogen and oxygen atoms in total. The maximum Gasteiger partial charge on any atom is 0.274 e. The van der Waals surface area contributed by atoms with E-state index in [1.54, 1.807) is 12.1 Å². The van der Waals surface area contributed by atoms with Crippen molar-refractivity contribution in [1.29, 1.82) is 0 Å². The zero-order valence-electron chi connectivity index (χ0n) is 14.1. The number of nitro benzene ring substituents is 1. The highest BCUT2D eigenvalue weighted by Crippen LogP contribution is 2.36. The Hall–Kier alpha value is -3.12. The Morgan fingerprint density at radius 2 is 2.04 bits per heavy atom. The molecule has 0 aliphatic rings.